The molecule has 2 N–H and O–H groups in total. The smallest absolute Gasteiger partial charge is 0.244 e. The lowest BCUT2D eigenvalue weighted by Gasteiger charge is -2.17. The maximum absolute atomic E-state index is 12.7. The van der Waals surface area contributed by atoms with Crippen molar-refractivity contribution < 1.29 is 8.42 Å². The summed E-state index contributed by atoms with van der Waals surface area (Å²) in [6.07, 6.45) is 0. The molecule has 2 atom stereocenters. The van der Waals surface area contributed by atoms with Crippen LogP contribution >= 0.6 is 11.3 Å². The number of thiophene rings is 1. The Balaban J connectivity index is 2.40. The lowest BCUT2D eigenvalue weighted by molar-refractivity contribution is 0.462. The second kappa shape index (κ2) is 4.92. The third-order valence-corrected chi connectivity index (χ3v) is 7.05. The fraction of sp³-hybridized carbons (Fsp3) is 0.667. The van der Waals surface area contributed by atoms with Gasteiger partial charge < -0.3 is 5.73 Å². The highest BCUT2D eigenvalue weighted by Gasteiger charge is 2.37. The topological polar surface area (TPSA) is 63.4 Å². The van der Waals surface area contributed by atoms with Gasteiger partial charge in [0.25, 0.3) is 0 Å². The molecule has 0 amide bonds. The zero-order valence-corrected chi connectivity index (χ0v) is 12.6. The minimum atomic E-state index is -3.37. The van der Waals surface area contributed by atoms with Gasteiger partial charge in [0, 0.05) is 24.5 Å². The molecule has 1 aliphatic rings. The van der Waals surface area contributed by atoms with Crippen molar-refractivity contribution in [3.05, 3.63) is 15.8 Å². The van der Waals surface area contributed by atoms with Gasteiger partial charge in [0.1, 0.15) is 4.90 Å². The third-order valence-electron chi connectivity index (χ3n) is 3.73. The van der Waals surface area contributed by atoms with Gasteiger partial charge in [-0.25, -0.2) is 8.42 Å². The summed E-state index contributed by atoms with van der Waals surface area (Å²) in [7, 11) is -3.37. The summed E-state index contributed by atoms with van der Waals surface area (Å²) in [6, 6.07) is 0. The Bertz CT molecular complexity index is 526. The van der Waals surface area contributed by atoms with Crippen molar-refractivity contribution in [1.82, 2.24) is 4.31 Å². The van der Waals surface area contributed by atoms with E-state index in [0.717, 1.165) is 10.4 Å². The highest BCUT2D eigenvalue weighted by molar-refractivity contribution is 7.89. The lowest BCUT2D eigenvalue weighted by atomic mass is 10.0. The van der Waals surface area contributed by atoms with Gasteiger partial charge in [0.2, 0.25) is 10.0 Å². The second-order valence-electron chi connectivity index (χ2n) is 5.15. The fourth-order valence-electron chi connectivity index (χ4n) is 2.38. The average Bonchev–Trinajstić information content (AvgIpc) is 2.84. The molecule has 2 rings (SSSR count). The van der Waals surface area contributed by atoms with Crippen molar-refractivity contribution >= 4 is 21.4 Å². The molecule has 1 fully saturated rings. The van der Waals surface area contributed by atoms with Crippen LogP contribution in [-0.2, 0) is 16.6 Å². The molecule has 0 saturated carbocycles. The van der Waals surface area contributed by atoms with Crippen molar-refractivity contribution in [3.63, 3.8) is 0 Å². The Hall–Kier alpha value is -0.430. The first kappa shape index (κ1) is 14.0. The van der Waals surface area contributed by atoms with Crippen LogP contribution < -0.4 is 5.73 Å². The Morgan fingerprint density at radius 2 is 1.94 bits per heavy atom. The van der Waals surface area contributed by atoms with Gasteiger partial charge >= 0.3 is 0 Å². The highest BCUT2D eigenvalue weighted by atomic mass is 32.2. The molecular formula is C12H20N2O2S2. The molecule has 2 unspecified atom stereocenters. The molecule has 1 aromatic heterocycles. The fourth-order valence-corrected chi connectivity index (χ4v) is 5.67. The third kappa shape index (κ3) is 2.22. The van der Waals surface area contributed by atoms with E-state index in [1.54, 1.807) is 4.31 Å². The SMILES string of the molecule is Cc1csc(CN)c1S(=O)(=O)N1CC(C)C(C)C1. The molecule has 1 saturated heterocycles. The normalized spacial score (nSPS) is 25.8. The van der Waals surface area contributed by atoms with Gasteiger partial charge in [-0.2, -0.15) is 4.31 Å². The van der Waals surface area contributed by atoms with Gasteiger partial charge in [-0.3, -0.25) is 0 Å². The number of rotatable bonds is 3. The quantitative estimate of drug-likeness (QED) is 0.922. The lowest BCUT2D eigenvalue weighted by Crippen LogP contribution is -2.30. The van der Waals surface area contributed by atoms with E-state index in [1.807, 2.05) is 12.3 Å². The molecule has 0 aliphatic carbocycles. The van der Waals surface area contributed by atoms with Crippen molar-refractivity contribution in [2.45, 2.75) is 32.2 Å². The maximum atomic E-state index is 12.7. The van der Waals surface area contributed by atoms with Gasteiger partial charge in [-0.1, -0.05) is 13.8 Å². The predicted molar refractivity (Wildman–Crippen MR) is 74.0 cm³/mol. The largest absolute Gasteiger partial charge is 0.326 e. The number of hydrogen-bond acceptors (Lipinski definition) is 4. The van der Waals surface area contributed by atoms with E-state index in [1.165, 1.54) is 11.3 Å². The van der Waals surface area contributed by atoms with Crippen molar-refractivity contribution in [3.8, 4) is 0 Å². The summed E-state index contributed by atoms with van der Waals surface area (Å²) in [6.45, 7) is 7.55. The van der Waals surface area contributed by atoms with Gasteiger partial charge in [0.15, 0.2) is 0 Å². The van der Waals surface area contributed by atoms with E-state index in [0.29, 0.717) is 29.8 Å². The summed E-state index contributed by atoms with van der Waals surface area (Å²) >= 11 is 1.43. The Labute approximate surface area is 113 Å². The van der Waals surface area contributed by atoms with Crippen LogP contribution in [0.2, 0.25) is 0 Å². The van der Waals surface area contributed by atoms with Crippen LogP contribution in [0.1, 0.15) is 24.3 Å². The van der Waals surface area contributed by atoms with Crippen LogP contribution in [0.15, 0.2) is 10.3 Å². The number of nitrogens with two attached hydrogens (primary N) is 1. The van der Waals surface area contributed by atoms with Crippen LogP contribution in [0.3, 0.4) is 0 Å². The number of hydrogen-bond donors (Lipinski definition) is 1. The molecule has 1 aliphatic heterocycles. The zero-order chi connectivity index (χ0) is 13.5. The van der Waals surface area contributed by atoms with Crippen molar-refractivity contribution in [2.75, 3.05) is 13.1 Å². The van der Waals surface area contributed by atoms with Crippen molar-refractivity contribution in [1.29, 1.82) is 0 Å². The van der Waals surface area contributed by atoms with E-state index in [9.17, 15) is 8.42 Å². The number of sulfonamides is 1. The summed E-state index contributed by atoms with van der Waals surface area (Å²) in [5.74, 6) is 0.833. The minimum absolute atomic E-state index is 0.284. The summed E-state index contributed by atoms with van der Waals surface area (Å²) in [5.41, 5.74) is 6.45. The Kier molecular flexibility index (Phi) is 3.82. The minimum Gasteiger partial charge on any atom is -0.326 e. The van der Waals surface area contributed by atoms with E-state index in [-0.39, 0.29) is 6.54 Å². The highest BCUT2D eigenvalue weighted by Crippen LogP contribution is 2.33. The standard InChI is InChI=1S/C12H20N2O2S2/c1-8-5-14(6-9(8)2)18(15,16)12-10(3)7-17-11(12)4-13/h7-9H,4-6,13H2,1-3H3. The average molecular weight is 288 g/mol. The van der Waals surface area contributed by atoms with E-state index in [2.05, 4.69) is 13.8 Å². The number of aryl methyl sites for hydroxylation is 1. The monoisotopic (exact) mass is 288 g/mol. The predicted octanol–water partition coefficient (Wildman–Crippen LogP) is 1.79. The van der Waals surface area contributed by atoms with E-state index < -0.39 is 10.0 Å². The Morgan fingerprint density at radius 3 is 2.44 bits per heavy atom. The van der Waals surface area contributed by atoms with Crippen molar-refractivity contribution in [2.24, 2.45) is 17.6 Å². The molecular weight excluding hydrogens is 268 g/mol. The van der Waals surface area contributed by atoms with Crippen LogP contribution in [0.4, 0.5) is 0 Å². The molecule has 0 aromatic carbocycles. The van der Waals surface area contributed by atoms with Gasteiger partial charge in [0.05, 0.1) is 0 Å². The first-order valence-corrected chi connectivity index (χ1v) is 8.47. The summed E-state index contributed by atoms with van der Waals surface area (Å²) in [4.78, 5) is 1.20. The molecule has 0 bridgehead atoms. The molecule has 6 heteroatoms. The summed E-state index contributed by atoms with van der Waals surface area (Å²) < 4.78 is 26.9. The molecule has 2 heterocycles. The number of nitrogens with zero attached hydrogens (tertiary/aromatic N) is 1. The Morgan fingerprint density at radius 1 is 1.39 bits per heavy atom. The van der Waals surface area contributed by atoms with Gasteiger partial charge in [-0.15, -0.1) is 11.3 Å². The summed E-state index contributed by atoms with van der Waals surface area (Å²) in [5, 5.41) is 1.87. The van der Waals surface area contributed by atoms with Crippen LogP contribution in [0.25, 0.3) is 0 Å². The van der Waals surface area contributed by atoms with Crippen LogP contribution in [0, 0.1) is 18.8 Å². The molecule has 102 valence electrons. The van der Waals surface area contributed by atoms with Crippen LogP contribution in [-0.4, -0.2) is 25.8 Å². The van der Waals surface area contributed by atoms with Crippen LogP contribution in [0.5, 0.6) is 0 Å². The van der Waals surface area contributed by atoms with Gasteiger partial charge in [-0.05, 0) is 29.7 Å². The van der Waals surface area contributed by atoms with E-state index >= 15 is 0 Å². The second-order valence-corrected chi connectivity index (χ2v) is 7.99. The van der Waals surface area contributed by atoms with E-state index in [4.69, 9.17) is 5.73 Å². The molecule has 0 radical (unpaired) electrons. The molecule has 1 aromatic rings. The molecule has 18 heavy (non-hydrogen) atoms. The first-order valence-electron chi connectivity index (χ1n) is 6.15. The zero-order valence-electron chi connectivity index (χ0n) is 11.0. The maximum Gasteiger partial charge on any atom is 0.244 e. The molecule has 0 spiro atoms. The molecule has 4 nitrogen and oxygen atoms in total. The first-order chi connectivity index (χ1) is 8.37.